The zero-order valence-electron chi connectivity index (χ0n) is 16.7. The Morgan fingerprint density at radius 3 is 2.74 bits per heavy atom. The summed E-state index contributed by atoms with van der Waals surface area (Å²) in [5.41, 5.74) is 0.282. The second-order valence-corrected chi connectivity index (χ2v) is 7.74. The van der Waals surface area contributed by atoms with Crippen LogP contribution in [0.3, 0.4) is 0 Å². The van der Waals surface area contributed by atoms with Crippen molar-refractivity contribution in [2.24, 2.45) is 0 Å². The number of rotatable bonds is 5. The second-order valence-electron chi connectivity index (χ2n) is 7.74. The van der Waals surface area contributed by atoms with Gasteiger partial charge in [0.25, 0.3) is 0 Å². The van der Waals surface area contributed by atoms with Crippen LogP contribution in [0.25, 0.3) is 0 Å². The number of nitrogens with one attached hydrogen (secondary N) is 2. The number of pyridine rings is 1. The number of aromatic nitrogens is 1. The fourth-order valence-corrected chi connectivity index (χ4v) is 2.63. The van der Waals surface area contributed by atoms with Crippen LogP contribution in [0.2, 0.25) is 0 Å². The van der Waals surface area contributed by atoms with Crippen LogP contribution in [0.15, 0.2) is 18.3 Å². The molecule has 0 aliphatic carbocycles. The molecule has 1 fully saturated rings. The highest BCUT2D eigenvalue weighted by Crippen LogP contribution is 2.15. The lowest BCUT2D eigenvalue weighted by Gasteiger charge is -2.32. The monoisotopic (exact) mass is 378 g/mol. The molecule has 2 atom stereocenters. The lowest BCUT2D eigenvalue weighted by Crippen LogP contribution is -2.46. The number of ether oxygens (including phenoxy) is 2. The van der Waals surface area contributed by atoms with Gasteiger partial charge in [0, 0.05) is 25.8 Å². The van der Waals surface area contributed by atoms with Crippen molar-refractivity contribution in [2.75, 3.05) is 24.6 Å². The molecule has 2 rings (SSSR count). The molecule has 27 heavy (non-hydrogen) atoms. The Bertz CT molecular complexity index is 642. The molecular formula is C19H30N4O4. The van der Waals surface area contributed by atoms with Crippen LogP contribution in [0, 0.1) is 0 Å². The van der Waals surface area contributed by atoms with Crippen molar-refractivity contribution in [1.29, 1.82) is 0 Å². The number of carbonyl (C=O) groups is 2. The standard InChI is InChI=1S/C19H30N4O4/c1-13-12-23(8-9-26-13)16-7-6-15(10-20-16)11-21-17(24)14(2)22-18(25)27-19(3,4)5/h6-7,10,13-14H,8-9,11-12H2,1-5H3,(H,21,24)(H,22,25)/t13?,14-/m1/s1. The molecule has 1 aliphatic heterocycles. The Morgan fingerprint density at radius 2 is 2.15 bits per heavy atom. The van der Waals surface area contributed by atoms with Crippen molar-refractivity contribution in [2.45, 2.75) is 58.9 Å². The summed E-state index contributed by atoms with van der Waals surface area (Å²) in [4.78, 5) is 30.5. The smallest absolute Gasteiger partial charge is 0.408 e. The molecule has 2 amide bonds. The fourth-order valence-electron chi connectivity index (χ4n) is 2.63. The fraction of sp³-hybridized carbons (Fsp3) is 0.632. The SMILES string of the molecule is CC1CN(c2ccc(CNC(=O)[C@@H](C)NC(=O)OC(C)(C)C)cn2)CCO1. The third kappa shape index (κ3) is 7.05. The number of anilines is 1. The van der Waals surface area contributed by atoms with Gasteiger partial charge in [0.05, 0.1) is 12.7 Å². The molecule has 0 bridgehead atoms. The van der Waals surface area contributed by atoms with E-state index in [4.69, 9.17) is 9.47 Å². The topological polar surface area (TPSA) is 92.8 Å². The van der Waals surface area contributed by atoms with Gasteiger partial charge in [0.1, 0.15) is 17.5 Å². The minimum Gasteiger partial charge on any atom is -0.444 e. The van der Waals surface area contributed by atoms with Crippen LogP contribution in [0.1, 0.15) is 40.2 Å². The minimum atomic E-state index is -0.693. The van der Waals surface area contributed by atoms with Gasteiger partial charge in [-0.1, -0.05) is 6.07 Å². The van der Waals surface area contributed by atoms with E-state index in [9.17, 15) is 9.59 Å². The molecule has 1 unspecified atom stereocenters. The Balaban J connectivity index is 1.80. The van der Waals surface area contributed by atoms with Crippen LogP contribution in [0.5, 0.6) is 0 Å². The van der Waals surface area contributed by atoms with Gasteiger partial charge in [-0.25, -0.2) is 9.78 Å². The van der Waals surface area contributed by atoms with Gasteiger partial charge >= 0.3 is 6.09 Å². The average molecular weight is 378 g/mol. The molecular weight excluding hydrogens is 348 g/mol. The maximum absolute atomic E-state index is 12.1. The van der Waals surface area contributed by atoms with Gasteiger partial charge in [0.15, 0.2) is 0 Å². The van der Waals surface area contributed by atoms with E-state index in [1.807, 2.05) is 19.1 Å². The molecule has 1 saturated heterocycles. The third-order valence-electron chi connectivity index (χ3n) is 3.97. The molecule has 1 aliphatic rings. The van der Waals surface area contributed by atoms with Crippen LogP contribution in [-0.4, -0.2) is 54.4 Å². The number of amides is 2. The number of hydrogen-bond donors (Lipinski definition) is 2. The highest BCUT2D eigenvalue weighted by molar-refractivity contribution is 5.85. The summed E-state index contributed by atoms with van der Waals surface area (Å²) < 4.78 is 10.7. The maximum Gasteiger partial charge on any atom is 0.408 e. The van der Waals surface area contributed by atoms with E-state index in [1.165, 1.54) is 0 Å². The van der Waals surface area contributed by atoms with E-state index < -0.39 is 17.7 Å². The molecule has 0 spiro atoms. The number of carbonyl (C=O) groups excluding carboxylic acids is 2. The molecule has 8 heteroatoms. The third-order valence-corrected chi connectivity index (χ3v) is 3.97. The molecule has 0 saturated carbocycles. The molecule has 8 nitrogen and oxygen atoms in total. The maximum atomic E-state index is 12.1. The summed E-state index contributed by atoms with van der Waals surface area (Å²) in [6.45, 7) is 11.6. The molecule has 1 aromatic heterocycles. The number of nitrogens with zero attached hydrogens (tertiary/aromatic N) is 2. The van der Waals surface area contributed by atoms with Crippen molar-refractivity contribution in [3.8, 4) is 0 Å². The van der Waals surface area contributed by atoms with E-state index in [0.717, 1.165) is 24.5 Å². The Labute approximate surface area is 160 Å². The minimum absolute atomic E-state index is 0.193. The van der Waals surface area contributed by atoms with E-state index in [-0.39, 0.29) is 12.0 Å². The Morgan fingerprint density at radius 1 is 1.41 bits per heavy atom. The molecule has 2 N–H and O–H groups in total. The van der Waals surface area contributed by atoms with E-state index in [2.05, 4.69) is 20.5 Å². The summed E-state index contributed by atoms with van der Waals surface area (Å²) in [6, 6.07) is 3.19. The van der Waals surface area contributed by atoms with Crippen LogP contribution >= 0.6 is 0 Å². The van der Waals surface area contributed by atoms with E-state index in [0.29, 0.717) is 13.2 Å². The number of morpholine rings is 1. The lowest BCUT2D eigenvalue weighted by atomic mass is 10.2. The van der Waals surface area contributed by atoms with Gasteiger partial charge in [0.2, 0.25) is 5.91 Å². The largest absolute Gasteiger partial charge is 0.444 e. The predicted octanol–water partition coefficient (Wildman–Crippen LogP) is 1.84. The first kappa shape index (κ1) is 21.0. The normalized spacial score (nSPS) is 18.6. The zero-order valence-corrected chi connectivity index (χ0v) is 16.7. The van der Waals surface area contributed by atoms with E-state index in [1.54, 1.807) is 33.9 Å². The molecule has 150 valence electrons. The quantitative estimate of drug-likeness (QED) is 0.812. The molecule has 2 heterocycles. The first-order chi connectivity index (χ1) is 12.6. The van der Waals surface area contributed by atoms with Crippen LogP contribution < -0.4 is 15.5 Å². The van der Waals surface area contributed by atoms with Gasteiger partial charge in [-0.05, 0) is 46.2 Å². The summed E-state index contributed by atoms with van der Waals surface area (Å²) >= 11 is 0. The molecule has 0 radical (unpaired) electrons. The molecule has 0 aromatic carbocycles. The van der Waals surface area contributed by atoms with Crippen LogP contribution in [0.4, 0.5) is 10.6 Å². The first-order valence-electron chi connectivity index (χ1n) is 9.23. The highest BCUT2D eigenvalue weighted by Gasteiger charge is 2.21. The highest BCUT2D eigenvalue weighted by atomic mass is 16.6. The van der Waals surface area contributed by atoms with Crippen molar-refractivity contribution in [3.63, 3.8) is 0 Å². The van der Waals surface area contributed by atoms with Crippen LogP contribution in [-0.2, 0) is 20.8 Å². The van der Waals surface area contributed by atoms with Gasteiger partial charge in [-0.2, -0.15) is 0 Å². The van der Waals surface area contributed by atoms with E-state index >= 15 is 0 Å². The van der Waals surface area contributed by atoms with Crippen molar-refractivity contribution in [1.82, 2.24) is 15.6 Å². The summed E-state index contributed by atoms with van der Waals surface area (Å²) in [5, 5.41) is 5.31. The Kier molecular flexibility index (Phi) is 7.01. The first-order valence-corrected chi connectivity index (χ1v) is 9.23. The zero-order chi connectivity index (χ0) is 20.0. The second kappa shape index (κ2) is 9.03. The lowest BCUT2D eigenvalue weighted by molar-refractivity contribution is -0.122. The predicted molar refractivity (Wildman–Crippen MR) is 103 cm³/mol. The van der Waals surface area contributed by atoms with Crippen molar-refractivity contribution >= 4 is 17.8 Å². The summed E-state index contributed by atoms with van der Waals surface area (Å²) in [6.07, 6.45) is 1.33. The van der Waals surface area contributed by atoms with Gasteiger partial charge in [-0.15, -0.1) is 0 Å². The summed E-state index contributed by atoms with van der Waals surface area (Å²) in [7, 11) is 0. The summed E-state index contributed by atoms with van der Waals surface area (Å²) in [5.74, 6) is 0.618. The van der Waals surface area contributed by atoms with Crippen molar-refractivity contribution in [3.05, 3.63) is 23.9 Å². The van der Waals surface area contributed by atoms with Crippen molar-refractivity contribution < 1.29 is 19.1 Å². The van der Waals surface area contributed by atoms with Gasteiger partial charge in [-0.3, -0.25) is 4.79 Å². The Hall–Kier alpha value is -2.35. The number of alkyl carbamates (subject to hydrolysis) is 1. The molecule has 1 aromatic rings. The average Bonchev–Trinajstić information content (AvgIpc) is 2.58. The number of hydrogen-bond acceptors (Lipinski definition) is 6. The van der Waals surface area contributed by atoms with Gasteiger partial charge < -0.3 is 25.0 Å².